The summed E-state index contributed by atoms with van der Waals surface area (Å²) in [7, 11) is 0. The Morgan fingerprint density at radius 3 is 2.78 bits per heavy atom. The highest BCUT2D eigenvalue weighted by Crippen LogP contribution is 2.31. The third-order valence-electron chi connectivity index (χ3n) is 3.14. The molecule has 0 spiro atoms. The van der Waals surface area contributed by atoms with E-state index in [1.54, 1.807) is 30.3 Å². The summed E-state index contributed by atoms with van der Waals surface area (Å²) >= 11 is 15.5. The van der Waals surface area contributed by atoms with Crippen LogP contribution < -0.4 is 10.1 Å². The smallest absolute Gasteiger partial charge is 0.259 e. The predicted octanol–water partition coefficient (Wildman–Crippen LogP) is 6.19. The first-order valence-corrected chi connectivity index (χ1v) is 8.75. The largest absolute Gasteiger partial charge is 0.493 e. The topological polar surface area (TPSA) is 38.3 Å². The first-order valence-electron chi connectivity index (χ1n) is 7.20. The Kier molecular flexibility index (Phi) is 6.75. The van der Waals surface area contributed by atoms with E-state index in [2.05, 4.69) is 28.2 Å². The first kappa shape index (κ1) is 18.1. The molecule has 0 saturated carbocycles. The molecule has 0 aliphatic carbocycles. The van der Waals surface area contributed by atoms with Gasteiger partial charge in [-0.25, -0.2) is 0 Å². The number of carbonyl (C=O) groups is 1. The highest BCUT2D eigenvalue weighted by atomic mass is 79.9. The van der Waals surface area contributed by atoms with Crippen LogP contribution in [0.2, 0.25) is 10.0 Å². The van der Waals surface area contributed by atoms with Crippen LogP contribution in [-0.4, -0.2) is 12.5 Å². The molecule has 6 heteroatoms. The maximum absolute atomic E-state index is 12.6. The molecule has 0 heterocycles. The van der Waals surface area contributed by atoms with Gasteiger partial charge < -0.3 is 10.1 Å². The molecule has 2 rings (SSSR count). The van der Waals surface area contributed by atoms with Crippen LogP contribution in [0.15, 0.2) is 40.9 Å². The Morgan fingerprint density at radius 2 is 2.04 bits per heavy atom. The third kappa shape index (κ3) is 4.87. The lowest BCUT2D eigenvalue weighted by molar-refractivity contribution is 0.102. The standard InChI is InChI=1S/C17H16BrCl2NO2/c1-2-3-9-23-15-8-7-11(18)10-12(15)17(22)21-14-6-4-5-13(19)16(14)20/h4-8,10H,2-3,9H2,1H3,(H,21,22). The quantitative estimate of drug-likeness (QED) is 0.570. The van der Waals surface area contributed by atoms with E-state index in [1.165, 1.54) is 0 Å². The van der Waals surface area contributed by atoms with E-state index in [9.17, 15) is 4.79 Å². The summed E-state index contributed by atoms with van der Waals surface area (Å²) in [4.78, 5) is 12.6. The zero-order valence-corrected chi connectivity index (χ0v) is 15.6. The van der Waals surface area contributed by atoms with Crippen molar-refractivity contribution < 1.29 is 9.53 Å². The summed E-state index contributed by atoms with van der Waals surface area (Å²) in [6.07, 6.45) is 1.95. The molecular weight excluding hydrogens is 401 g/mol. The zero-order valence-electron chi connectivity index (χ0n) is 12.5. The number of carbonyl (C=O) groups excluding carboxylic acids is 1. The average Bonchev–Trinajstić information content (AvgIpc) is 2.53. The minimum absolute atomic E-state index is 0.304. The number of hydrogen-bond acceptors (Lipinski definition) is 2. The Bertz CT molecular complexity index is 707. The van der Waals surface area contributed by atoms with Crippen LogP contribution >= 0.6 is 39.1 Å². The monoisotopic (exact) mass is 415 g/mol. The van der Waals surface area contributed by atoms with Gasteiger partial charge in [0.2, 0.25) is 0 Å². The van der Waals surface area contributed by atoms with Crippen molar-refractivity contribution in [1.82, 2.24) is 0 Å². The fraction of sp³-hybridized carbons (Fsp3) is 0.235. The normalized spacial score (nSPS) is 10.4. The van der Waals surface area contributed by atoms with E-state index in [-0.39, 0.29) is 5.91 Å². The number of amides is 1. The molecule has 0 saturated heterocycles. The minimum Gasteiger partial charge on any atom is -0.493 e. The molecule has 122 valence electrons. The molecule has 0 atom stereocenters. The van der Waals surface area contributed by atoms with Crippen molar-refractivity contribution >= 4 is 50.7 Å². The van der Waals surface area contributed by atoms with Crippen molar-refractivity contribution in [2.24, 2.45) is 0 Å². The Morgan fingerprint density at radius 1 is 1.26 bits per heavy atom. The molecule has 0 fully saturated rings. The number of nitrogens with one attached hydrogen (secondary N) is 1. The summed E-state index contributed by atoms with van der Waals surface area (Å²) in [6.45, 7) is 2.65. The Labute approximate surface area is 154 Å². The SMILES string of the molecule is CCCCOc1ccc(Br)cc1C(=O)Nc1cccc(Cl)c1Cl. The van der Waals surface area contributed by atoms with Gasteiger partial charge >= 0.3 is 0 Å². The van der Waals surface area contributed by atoms with Crippen molar-refractivity contribution in [2.45, 2.75) is 19.8 Å². The summed E-state index contributed by atoms with van der Waals surface area (Å²) in [5.41, 5.74) is 0.898. The molecule has 1 amide bonds. The van der Waals surface area contributed by atoms with Gasteiger partial charge in [0.25, 0.3) is 5.91 Å². The number of benzene rings is 2. The fourth-order valence-corrected chi connectivity index (χ4v) is 2.63. The van der Waals surface area contributed by atoms with Gasteiger partial charge in [-0.15, -0.1) is 0 Å². The molecule has 0 unspecified atom stereocenters. The fourth-order valence-electron chi connectivity index (χ4n) is 1.92. The number of unbranched alkanes of at least 4 members (excludes halogenated alkanes) is 1. The van der Waals surface area contributed by atoms with Gasteiger partial charge in [0.15, 0.2) is 0 Å². The Hall–Kier alpha value is -1.23. The van der Waals surface area contributed by atoms with E-state index in [1.807, 2.05) is 6.07 Å². The number of halogens is 3. The second kappa shape index (κ2) is 8.57. The summed E-state index contributed by atoms with van der Waals surface area (Å²) < 4.78 is 6.50. The van der Waals surface area contributed by atoms with Crippen molar-refractivity contribution in [3.8, 4) is 5.75 Å². The molecule has 0 aliphatic heterocycles. The van der Waals surface area contributed by atoms with Crippen LogP contribution in [0, 0.1) is 0 Å². The second-order valence-corrected chi connectivity index (χ2v) is 6.60. The maximum atomic E-state index is 12.6. The average molecular weight is 417 g/mol. The van der Waals surface area contributed by atoms with Crippen LogP contribution in [0.25, 0.3) is 0 Å². The first-order chi connectivity index (χ1) is 11.0. The van der Waals surface area contributed by atoms with Gasteiger partial charge in [-0.1, -0.05) is 58.5 Å². The summed E-state index contributed by atoms with van der Waals surface area (Å²) in [5, 5.41) is 3.47. The number of rotatable bonds is 6. The van der Waals surface area contributed by atoms with Crippen molar-refractivity contribution in [2.75, 3.05) is 11.9 Å². The Balaban J connectivity index is 2.24. The lowest BCUT2D eigenvalue weighted by Crippen LogP contribution is -2.14. The van der Waals surface area contributed by atoms with Crippen LogP contribution in [0.4, 0.5) is 5.69 Å². The van der Waals surface area contributed by atoms with Crippen LogP contribution in [-0.2, 0) is 0 Å². The number of hydrogen-bond donors (Lipinski definition) is 1. The van der Waals surface area contributed by atoms with E-state index in [0.29, 0.717) is 33.7 Å². The van der Waals surface area contributed by atoms with Crippen molar-refractivity contribution in [1.29, 1.82) is 0 Å². The lowest BCUT2D eigenvalue weighted by atomic mass is 10.2. The van der Waals surface area contributed by atoms with Gasteiger partial charge in [-0.3, -0.25) is 4.79 Å². The minimum atomic E-state index is -0.304. The molecule has 1 N–H and O–H groups in total. The van der Waals surface area contributed by atoms with Crippen molar-refractivity contribution in [3.05, 3.63) is 56.5 Å². The van der Waals surface area contributed by atoms with Gasteiger partial charge in [-0.05, 0) is 36.8 Å². The molecule has 0 radical (unpaired) electrons. The molecule has 23 heavy (non-hydrogen) atoms. The van der Waals surface area contributed by atoms with Crippen molar-refractivity contribution in [3.63, 3.8) is 0 Å². The van der Waals surface area contributed by atoms with E-state index >= 15 is 0 Å². The zero-order chi connectivity index (χ0) is 16.8. The predicted molar refractivity (Wildman–Crippen MR) is 99.0 cm³/mol. The van der Waals surface area contributed by atoms with Gasteiger partial charge in [-0.2, -0.15) is 0 Å². The van der Waals surface area contributed by atoms with Crippen LogP contribution in [0.5, 0.6) is 5.75 Å². The van der Waals surface area contributed by atoms with Crippen LogP contribution in [0.3, 0.4) is 0 Å². The molecule has 3 nitrogen and oxygen atoms in total. The van der Waals surface area contributed by atoms with Crippen LogP contribution in [0.1, 0.15) is 30.1 Å². The number of ether oxygens (including phenoxy) is 1. The molecule has 2 aromatic rings. The van der Waals surface area contributed by atoms with Gasteiger partial charge in [0.05, 0.1) is 27.9 Å². The molecule has 0 bridgehead atoms. The third-order valence-corrected chi connectivity index (χ3v) is 4.45. The molecule has 0 aromatic heterocycles. The number of anilines is 1. The summed E-state index contributed by atoms with van der Waals surface area (Å²) in [6, 6.07) is 10.4. The second-order valence-electron chi connectivity index (χ2n) is 4.90. The maximum Gasteiger partial charge on any atom is 0.259 e. The van der Waals surface area contributed by atoms with E-state index < -0.39 is 0 Å². The van der Waals surface area contributed by atoms with Gasteiger partial charge in [0.1, 0.15) is 5.75 Å². The molecule has 0 aliphatic rings. The van der Waals surface area contributed by atoms with Gasteiger partial charge in [0, 0.05) is 4.47 Å². The lowest BCUT2D eigenvalue weighted by Gasteiger charge is -2.13. The highest BCUT2D eigenvalue weighted by Gasteiger charge is 2.15. The molecule has 2 aromatic carbocycles. The van der Waals surface area contributed by atoms with E-state index in [4.69, 9.17) is 27.9 Å². The summed E-state index contributed by atoms with van der Waals surface area (Å²) in [5.74, 6) is 0.235. The molecular formula is C17H16BrCl2NO2. The van der Waals surface area contributed by atoms with E-state index in [0.717, 1.165) is 17.3 Å². The highest BCUT2D eigenvalue weighted by molar-refractivity contribution is 9.10.